The van der Waals surface area contributed by atoms with Gasteiger partial charge in [0.05, 0.1) is 33.2 Å². The smallest absolute Gasteiger partial charge is 0.252 e. The second-order valence-electron chi connectivity index (χ2n) is 9.97. The number of aromatic amines is 1. The van der Waals surface area contributed by atoms with Gasteiger partial charge in [0.2, 0.25) is 0 Å². The van der Waals surface area contributed by atoms with E-state index in [2.05, 4.69) is 60.9 Å². The van der Waals surface area contributed by atoms with E-state index in [9.17, 15) is 4.79 Å². The minimum Gasteiger partial charge on any atom is -0.493 e. The Hall–Kier alpha value is -3.49. The van der Waals surface area contributed by atoms with E-state index in [0.29, 0.717) is 17.4 Å². The number of carbonyl (C=O) groups is 1. The van der Waals surface area contributed by atoms with Crippen LogP contribution in [0.2, 0.25) is 0 Å². The zero-order valence-corrected chi connectivity index (χ0v) is 21.4. The number of amides is 1. The summed E-state index contributed by atoms with van der Waals surface area (Å²) >= 11 is 0. The van der Waals surface area contributed by atoms with E-state index in [0.717, 1.165) is 59.0 Å². The van der Waals surface area contributed by atoms with Crippen LogP contribution in [-0.2, 0) is 5.54 Å². The van der Waals surface area contributed by atoms with E-state index >= 15 is 0 Å². The molecule has 2 aromatic carbocycles. The van der Waals surface area contributed by atoms with Crippen LogP contribution >= 0.6 is 0 Å². The Kier molecular flexibility index (Phi) is 5.65. The third-order valence-corrected chi connectivity index (χ3v) is 8.08. The van der Waals surface area contributed by atoms with Crippen LogP contribution < -0.4 is 10.1 Å². The lowest BCUT2D eigenvalue weighted by molar-refractivity contribution is 0.0562. The van der Waals surface area contributed by atoms with E-state index in [1.165, 1.54) is 0 Å². The Balaban J connectivity index is 1.30. The van der Waals surface area contributed by atoms with Gasteiger partial charge < -0.3 is 15.0 Å². The quantitative estimate of drug-likeness (QED) is 0.381. The fraction of sp³-hybridized carbons (Fsp3) is 0.321. The van der Waals surface area contributed by atoms with Crippen molar-refractivity contribution < 1.29 is 9.53 Å². The molecule has 1 saturated heterocycles. The third-order valence-electron chi connectivity index (χ3n) is 7.58. The number of rotatable bonds is 7. The van der Waals surface area contributed by atoms with E-state index in [-0.39, 0.29) is 11.6 Å². The number of benzene rings is 2. The first kappa shape index (κ1) is 22.9. The second-order valence-corrected chi connectivity index (χ2v) is 10.5. The molecule has 1 unspecified atom stereocenters. The number of fused-ring (bicyclic) bond motifs is 1. The van der Waals surface area contributed by atoms with Gasteiger partial charge in [-0.05, 0) is 86.8 Å². The highest BCUT2D eigenvalue weighted by Gasteiger charge is 2.47. The molecular weight excluding hydrogens is 466 g/mol. The monoisotopic (exact) mass is 494 g/mol. The van der Waals surface area contributed by atoms with Crippen molar-refractivity contribution in [2.45, 2.75) is 43.5 Å². The van der Waals surface area contributed by atoms with E-state index in [4.69, 9.17) is 4.74 Å². The minimum absolute atomic E-state index is 0.0903. The highest BCUT2D eigenvalue weighted by Crippen LogP contribution is 2.49. The fourth-order valence-corrected chi connectivity index (χ4v) is 5.65. The van der Waals surface area contributed by atoms with Gasteiger partial charge in [-0.3, -0.25) is 14.9 Å². The van der Waals surface area contributed by atoms with Crippen molar-refractivity contribution in [2.75, 3.05) is 13.6 Å². The third kappa shape index (κ3) is 4.10. The van der Waals surface area contributed by atoms with Crippen LogP contribution in [0.4, 0.5) is 0 Å². The largest absolute Gasteiger partial charge is 0.493 e. The SMILES string of the molecule is Cc1ccc(OC([Si])[C@@H]2CCN2C)cc1C(=O)NC1(c2cc(-c3cn[nH]c3)cc3ncccc23)CC1. The summed E-state index contributed by atoms with van der Waals surface area (Å²) in [7, 11) is 5.82. The predicted molar refractivity (Wildman–Crippen MR) is 140 cm³/mol. The lowest BCUT2D eigenvalue weighted by atomic mass is 9.94. The zero-order chi connectivity index (χ0) is 24.9. The summed E-state index contributed by atoms with van der Waals surface area (Å²) in [4.78, 5) is 20.5. The summed E-state index contributed by atoms with van der Waals surface area (Å²) in [5.74, 6) is 0.597. The molecule has 8 heteroatoms. The Morgan fingerprint density at radius 1 is 1.25 bits per heavy atom. The molecule has 2 fully saturated rings. The second kappa shape index (κ2) is 8.87. The number of hydrogen-bond donors (Lipinski definition) is 2. The van der Waals surface area contributed by atoms with Crippen LogP contribution in [0.25, 0.3) is 22.0 Å². The van der Waals surface area contributed by atoms with Crippen molar-refractivity contribution in [1.82, 2.24) is 25.4 Å². The normalized spacial score (nSPS) is 19.5. The van der Waals surface area contributed by atoms with Gasteiger partial charge in [-0.1, -0.05) is 12.1 Å². The number of carbonyl (C=O) groups excluding carboxylic acids is 1. The van der Waals surface area contributed by atoms with Crippen LogP contribution in [0.5, 0.6) is 5.75 Å². The lowest BCUT2D eigenvalue weighted by Gasteiger charge is -2.41. The fourth-order valence-electron chi connectivity index (χ4n) is 5.09. The number of pyridine rings is 1. The molecule has 2 aromatic heterocycles. The van der Waals surface area contributed by atoms with E-state index in [1.807, 2.05) is 37.4 Å². The molecule has 2 N–H and O–H groups in total. The number of aromatic nitrogens is 3. The molecule has 3 heterocycles. The van der Waals surface area contributed by atoms with Gasteiger partial charge in [-0.15, -0.1) is 0 Å². The molecule has 1 aliphatic carbocycles. The molecule has 2 atom stereocenters. The molecule has 4 aromatic rings. The van der Waals surface area contributed by atoms with Gasteiger partial charge in [0.15, 0.2) is 0 Å². The van der Waals surface area contributed by atoms with Crippen LogP contribution in [-0.4, -0.2) is 61.6 Å². The number of likely N-dealkylation sites (N-methyl/N-ethyl adjacent to an activating group) is 1. The van der Waals surface area contributed by atoms with Crippen LogP contribution in [0.1, 0.15) is 40.7 Å². The molecule has 6 rings (SSSR count). The summed E-state index contributed by atoms with van der Waals surface area (Å²) in [5.41, 5.74) is 5.02. The Morgan fingerprint density at radius 2 is 2.11 bits per heavy atom. The summed E-state index contributed by atoms with van der Waals surface area (Å²) in [6.07, 6.45) is 8.33. The number of ether oxygens (including phenoxy) is 1. The van der Waals surface area contributed by atoms with Crippen molar-refractivity contribution in [3.05, 3.63) is 77.7 Å². The molecule has 2 aliphatic rings. The van der Waals surface area contributed by atoms with Crippen LogP contribution in [0.15, 0.2) is 61.1 Å². The van der Waals surface area contributed by atoms with Crippen LogP contribution in [0, 0.1) is 6.92 Å². The number of hydrogen-bond acceptors (Lipinski definition) is 5. The molecule has 7 nitrogen and oxygen atoms in total. The molecule has 1 saturated carbocycles. The predicted octanol–water partition coefficient (Wildman–Crippen LogP) is 3.93. The van der Waals surface area contributed by atoms with E-state index in [1.54, 1.807) is 12.4 Å². The summed E-state index contributed by atoms with van der Waals surface area (Å²) in [6, 6.07) is 14.3. The topological polar surface area (TPSA) is 83.1 Å². The number of H-pyrrole nitrogens is 1. The van der Waals surface area contributed by atoms with Gasteiger partial charge in [0.25, 0.3) is 5.91 Å². The maximum absolute atomic E-state index is 13.6. The molecule has 36 heavy (non-hydrogen) atoms. The number of nitrogens with one attached hydrogen (secondary N) is 2. The molecular formula is C28H28N5O2Si. The Labute approximate surface area is 213 Å². The molecule has 0 spiro atoms. The van der Waals surface area contributed by atoms with Crippen molar-refractivity contribution in [3.63, 3.8) is 0 Å². The van der Waals surface area contributed by atoms with Gasteiger partial charge in [-0.2, -0.15) is 5.10 Å². The zero-order valence-electron chi connectivity index (χ0n) is 20.4. The van der Waals surface area contributed by atoms with Crippen molar-refractivity contribution in [3.8, 4) is 16.9 Å². The average Bonchev–Trinajstić information content (AvgIpc) is 3.42. The van der Waals surface area contributed by atoms with Crippen LogP contribution in [0.3, 0.4) is 0 Å². The Bertz CT molecular complexity index is 1430. The summed E-state index contributed by atoms with van der Waals surface area (Å²) in [5, 5.41) is 11.4. The lowest BCUT2D eigenvalue weighted by Crippen LogP contribution is -2.53. The summed E-state index contributed by atoms with van der Waals surface area (Å²) < 4.78 is 6.15. The molecule has 1 aliphatic heterocycles. The minimum atomic E-state index is -0.423. The van der Waals surface area contributed by atoms with Gasteiger partial charge in [-0.25, -0.2) is 0 Å². The van der Waals surface area contributed by atoms with Crippen molar-refractivity contribution in [2.24, 2.45) is 0 Å². The van der Waals surface area contributed by atoms with E-state index < -0.39 is 5.54 Å². The summed E-state index contributed by atoms with van der Waals surface area (Å²) in [6.45, 7) is 3.03. The highest BCUT2D eigenvalue weighted by atomic mass is 28.1. The highest BCUT2D eigenvalue weighted by molar-refractivity contribution is 6.11. The standard InChI is InChI=1S/C28H28N5O2Si/c1-17-5-6-20(35-27(36)25-7-11-33(25)2)14-22(17)26(34)32-28(8-9-28)23-12-18(19-15-30-31-16-19)13-24-21(23)4-3-10-29-24/h3-6,10,12-16,25,27H,7-9,11H2,1-2H3,(H,30,31)(H,32,34)/t25-,27?/m0/s1. The van der Waals surface area contributed by atoms with Gasteiger partial charge >= 0.3 is 0 Å². The first-order valence-corrected chi connectivity index (χ1v) is 12.9. The maximum Gasteiger partial charge on any atom is 0.252 e. The maximum atomic E-state index is 13.6. The van der Waals surface area contributed by atoms with Crippen molar-refractivity contribution in [1.29, 1.82) is 0 Å². The first-order valence-electron chi connectivity index (χ1n) is 12.3. The molecule has 181 valence electrons. The average molecular weight is 495 g/mol. The van der Waals surface area contributed by atoms with Gasteiger partial charge in [0.1, 0.15) is 5.75 Å². The van der Waals surface area contributed by atoms with Gasteiger partial charge in [0, 0.05) is 34.9 Å². The first-order chi connectivity index (χ1) is 17.4. The molecule has 3 radical (unpaired) electrons. The molecule has 1 amide bonds. The number of aryl methyl sites for hydroxylation is 1. The molecule has 0 bridgehead atoms. The van der Waals surface area contributed by atoms with Crippen molar-refractivity contribution >= 4 is 27.1 Å². The number of nitrogens with zero attached hydrogens (tertiary/aromatic N) is 3. The Morgan fingerprint density at radius 3 is 2.81 bits per heavy atom. The number of likely N-dealkylation sites (tertiary alicyclic amines) is 1.